The molecule has 0 saturated carbocycles. The number of benzene rings is 1. The summed E-state index contributed by atoms with van der Waals surface area (Å²) in [6, 6.07) is 7.31. The molecule has 1 heterocycles. The Bertz CT molecular complexity index is 662. The van der Waals surface area contributed by atoms with Crippen LogP contribution in [0.2, 0.25) is 5.02 Å². The van der Waals surface area contributed by atoms with E-state index in [1.54, 1.807) is 19.1 Å². The molecule has 0 spiro atoms. The predicted octanol–water partition coefficient (Wildman–Crippen LogP) is 3.57. The van der Waals surface area contributed by atoms with Gasteiger partial charge in [0.15, 0.2) is 0 Å². The first-order chi connectivity index (χ1) is 9.49. The number of aryl methyl sites for hydroxylation is 1. The summed E-state index contributed by atoms with van der Waals surface area (Å²) in [5.74, 6) is 0.0279. The van der Waals surface area contributed by atoms with Crippen LogP contribution in [0.1, 0.15) is 24.7 Å². The highest BCUT2D eigenvalue weighted by Gasteiger charge is 2.40. The van der Waals surface area contributed by atoms with Crippen molar-refractivity contribution in [1.82, 2.24) is 5.16 Å². The third kappa shape index (κ3) is 2.10. The minimum Gasteiger partial charge on any atom is -0.481 e. The Kier molecular flexibility index (Phi) is 3.05. The summed E-state index contributed by atoms with van der Waals surface area (Å²) in [5.41, 5.74) is 1.78. The summed E-state index contributed by atoms with van der Waals surface area (Å²) in [4.78, 5) is 11.4. The molecule has 0 radical (unpaired) electrons. The maximum atomic E-state index is 11.4. The SMILES string of the molecule is CC1(C(=O)O)CCc2onc(-c3ccc(Cl)cc3)c2C1. The van der Waals surface area contributed by atoms with Crippen molar-refractivity contribution in [2.75, 3.05) is 0 Å². The van der Waals surface area contributed by atoms with Crippen molar-refractivity contribution in [1.29, 1.82) is 0 Å². The minimum absolute atomic E-state index is 0.444. The Labute approximate surface area is 121 Å². The number of nitrogens with zero attached hydrogens (tertiary/aromatic N) is 1. The van der Waals surface area contributed by atoms with E-state index in [0.29, 0.717) is 24.3 Å². The number of carboxylic acid groups (broad SMARTS) is 1. The molecule has 1 aliphatic rings. The van der Waals surface area contributed by atoms with Gasteiger partial charge in [0.05, 0.1) is 5.41 Å². The van der Waals surface area contributed by atoms with E-state index in [9.17, 15) is 9.90 Å². The van der Waals surface area contributed by atoms with Gasteiger partial charge in [-0.15, -0.1) is 0 Å². The van der Waals surface area contributed by atoms with Gasteiger partial charge in [-0.25, -0.2) is 0 Å². The molecular formula is C15H14ClNO3. The molecule has 1 atom stereocenters. The van der Waals surface area contributed by atoms with Crippen LogP contribution in [0.25, 0.3) is 11.3 Å². The normalized spacial score (nSPS) is 21.5. The number of fused-ring (bicyclic) bond motifs is 1. The van der Waals surface area contributed by atoms with E-state index >= 15 is 0 Å². The Morgan fingerprint density at radius 1 is 1.40 bits per heavy atom. The average molecular weight is 292 g/mol. The van der Waals surface area contributed by atoms with Crippen molar-refractivity contribution in [2.24, 2.45) is 5.41 Å². The number of hydrogen-bond donors (Lipinski definition) is 1. The molecular weight excluding hydrogens is 278 g/mol. The molecule has 1 N–H and O–H groups in total. The number of rotatable bonds is 2. The van der Waals surface area contributed by atoms with Crippen LogP contribution in [0.3, 0.4) is 0 Å². The van der Waals surface area contributed by atoms with Crippen molar-refractivity contribution in [3.8, 4) is 11.3 Å². The second kappa shape index (κ2) is 4.63. The Morgan fingerprint density at radius 2 is 2.10 bits per heavy atom. The molecule has 0 bridgehead atoms. The number of aliphatic carboxylic acids is 1. The molecule has 3 rings (SSSR count). The molecule has 2 aromatic rings. The molecule has 104 valence electrons. The van der Waals surface area contributed by atoms with Crippen molar-refractivity contribution in [3.05, 3.63) is 40.6 Å². The number of carboxylic acids is 1. The highest BCUT2D eigenvalue weighted by molar-refractivity contribution is 6.30. The lowest BCUT2D eigenvalue weighted by molar-refractivity contribution is -0.148. The average Bonchev–Trinajstić information content (AvgIpc) is 2.82. The van der Waals surface area contributed by atoms with Crippen LogP contribution in [-0.4, -0.2) is 16.2 Å². The molecule has 1 aromatic carbocycles. The summed E-state index contributed by atoms with van der Waals surface area (Å²) in [7, 11) is 0. The third-order valence-corrected chi connectivity index (χ3v) is 4.23. The van der Waals surface area contributed by atoms with Gasteiger partial charge in [0, 0.05) is 22.6 Å². The van der Waals surface area contributed by atoms with E-state index < -0.39 is 11.4 Å². The van der Waals surface area contributed by atoms with E-state index in [0.717, 1.165) is 22.6 Å². The van der Waals surface area contributed by atoms with Gasteiger partial charge >= 0.3 is 5.97 Å². The molecule has 0 fully saturated rings. The monoisotopic (exact) mass is 291 g/mol. The van der Waals surface area contributed by atoms with E-state index in [1.807, 2.05) is 12.1 Å². The smallest absolute Gasteiger partial charge is 0.309 e. The van der Waals surface area contributed by atoms with E-state index in [1.165, 1.54) is 0 Å². The van der Waals surface area contributed by atoms with Gasteiger partial charge in [-0.1, -0.05) is 28.9 Å². The van der Waals surface area contributed by atoms with Crippen molar-refractivity contribution >= 4 is 17.6 Å². The quantitative estimate of drug-likeness (QED) is 0.918. The van der Waals surface area contributed by atoms with E-state index in [-0.39, 0.29) is 0 Å². The lowest BCUT2D eigenvalue weighted by Gasteiger charge is -2.28. The first-order valence-corrected chi connectivity index (χ1v) is 6.84. The zero-order valence-electron chi connectivity index (χ0n) is 11.0. The van der Waals surface area contributed by atoms with Crippen LogP contribution in [0.15, 0.2) is 28.8 Å². The van der Waals surface area contributed by atoms with Crippen molar-refractivity contribution in [2.45, 2.75) is 26.2 Å². The molecule has 1 aliphatic carbocycles. The zero-order chi connectivity index (χ0) is 14.3. The zero-order valence-corrected chi connectivity index (χ0v) is 11.8. The maximum absolute atomic E-state index is 11.4. The number of halogens is 1. The number of carbonyl (C=O) groups is 1. The first-order valence-electron chi connectivity index (χ1n) is 6.46. The summed E-state index contributed by atoms with van der Waals surface area (Å²) in [5, 5.41) is 14.2. The molecule has 0 saturated heterocycles. The second-order valence-electron chi connectivity index (χ2n) is 5.48. The standard InChI is InChI=1S/C15H14ClNO3/c1-15(14(18)19)7-6-12-11(8-15)13(17-20-12)9-2-4-10(16)5-3-9/h2-5H,6-8H2,1H3,(H,18,19). The van der Waals surface area contributed by atoms with Crippen LogP contribution in [0.4, 0.5) is 0 Å². The Hall–Kier alpha value is -1.81. The topological polar surface area (TPSA) is 63.3 Å². The number of hydrogen-bond acceptors (Lipinski definition) is 3. The molecule has 1 unspecified atom stereocenters. The predicted molar refractivity (Wildman–Crippen MR) is 74.7 cm³/mol. The Balaban J connectivity index is 2.03. The van der Waals surface area contributed by atoms with Gasteiger partial charge in [0.25, 0.3) is 0 Å². The molecule has 4 nitrogen and oxygen atoms in total. The lowest BCUT2D eigenvalue weighted by Crippen LogP contribution is -2.33. The summed E-state index contributed by atoms with van der Waals surface area (Å²) in [6.45, 7) is 1.77. The third-order valence-electron chi connectivity index (χ3n) is 3.97. The van der Waals surface area contributed by atoms with Crippen LogP contribution >= 0.6 is 11.6 Å². The van der Waals surface area contributed by atoms with Crippen LogP contribution < -0.4 is 0 Å². The maximum Gasteiger partial charge on any atom is 0.309 e. The first kappa shape index (κ1) is 13.2. The fourth-order valence-corrected chi connectivity index (χ4v) is 2.73. The summed E-state index contributed by atoms with van der Waals surface area (Å²) < 4.78 is 5.37. The van der Waals surface area contributed by atoms with Crippen LogP contribution in [-0.2, 0) is 17.6 Å². The van der Waals surface area contributed by atoms with E-state index in [2.05, 4.69) is 5.16 Å². The fraction of sp³-hybridized carbons (Fsp3) is 0.333. The van der Waals surface area contributed by atoms with Crippen molar-refractivity contribution in [3.63, 3.8) is 0 Å². The summed E-state index contributed by atoms with van der Waals surface area (Å²) in [6.07, 6.45) is 1.63. The van der Waals surface area contributed by atoms with E-state index in [4.69, 9.17) is 16.1 Å². The Morgan fingerprint density at radius 3 is 2.75 bits per heavy atom. The largest absolute Gasteiger partial charge is 0.481 e. The highest BCUT2D eigenvalue weighted by atomic mass is 35.5. The van der Waals surface area contributed by atoms with Crippen molar-refractivity contribution < 1.29 is 14.4 Å². The molecule has 20 heavy (non-hydrogen) atoms. The molecule has 1 aromatic heterocycles. The lowest BCUT2D eigenvalue weighted by atomic mass is 9.74. The van der Waals surface area contributed by atoms with Gasteiger partial charge in [-0.3, -0.25) is 4.79 Å². The second-order valence-corrected chi connectivity index (χ2v) is 5.92. The van der Waals surface area contributed by atoms with Crippen LogP contribution in [0.5, 0.6) is 0 Å². The fourth-order valence-electron chi connectivity index (χ4n) is 2.61. The number of aromatic nitrogens is 1. The molecule has 0 amide bonds. The van der Waals surface area contributed by atoms with Gasteiger partial charge in [-0.2, -0.15) is 0 Å². The van der Waals surface area contributed by atoms with Gasteiger partial charge in [0.2, 0.25) is 0 Å². The molecule has 5 heteroatoms. The van der Waals surface area contributed by atoms with Crippen LogP contribution in [0, 0.1) is 5.41 Å². The van der Waals surface area contributed by atoms with Gasteiger partial charge in [0.1, 0.15) is 11.5 Å². The highest BCUT2D eigenvalue weighted by Crippen LogP contribution is 2.40. The molecule has 0 aliphatic heterocycles. The summed E-state index contributed by atoms with van der Waals surface area (Å²) >= 11 is 5.88. The minimum atomic E-state index is -0.772. The van der Waals surface area contributed by atoms with Gasteiger partial charge < -0.3 is 9.63 Å². The van der Waals surface area contributed by atoms with Gasteiger partial charge in [-0.05, 0) is 31.9 Å².